The number of phenolic OH excluding ortho intramolecular Hbond substituents is 1. The Bertz CT molecular complexity index is 1380. The molecule has 2 aliphatic rings. The number of ether oxygens (including phenoxy) is 1. The number of aryl methyl sites for hydroxylation is 4. The van der Waals surface area contributed by atoms with Crippen molar-refractivity contribution in [2.24, 2.45) is 17.6 Å². The lowest BCUT2D eigenvalue weighted by Crippen LogP contribution is -2.32. The number of aliphatic hydroxyl groups is 3. The minimum atomic E-state index is -0.866. The third-order valence-corrected chi connectivity index (χ3v) is 10.3. The number of aromatic nitrogens is 1. The summed E-state index contributed by atoms with van der Waals surface area (Å²) in [6.45, 7) is 3.92. The van der Waals surface area contributed by atoms with Crippen LogP contribution in [0.1, 0.15) is 116 Å². The second-order valence-electron chi connectivity index (χ2n) is 13.9. The fraction of sp³-hybridized carbons (Fsp3) is 0.632. The number of hydrogen-bond acceptors (Lipinski definition) is 8. The molecule has 0 saturated heterocycles. The molecule has 0 unspecified atom stereocenters. The summed E-state index contributed by atoms with van der Waals surface area (Å²) in [6.07, 6.45) is 12.4. The van der Waals surface area contributed by atoms with Crippen LogP contribution in [0, 0.1) is 11.8 Å². The fourth-order valence-corrected chi connectivity index (χ4v) is 7.79. The Morgan fingerprint density at radius 1 is 1.02 bits per heavy atom. The Hall–Kier alpha value is -2.82. The van der Waals surface area contributed by atoms with E-state index in [1.165, 1.54) is 36.9 Å². The maximum absolute atomic E-state index is 11.2. The van der Waals surface area contributed by atoms with Gasteiger partial charge in [0.05, 0.1) is 12.7 Å². The Balaban J connectivity index is 1.17. The van der Waals surface area contributed by atoms with Crippen LogP contribution in [0.25, 0.3) is 0 Å². The molecule has 0 amide bonds. The van der Waals surface area contributed by atoms with Gasteiger partial charge in [0.25, 0.3) is 0 Å². The molecule has 0 spiro atoms. The molecular weight excluding hydrogens is 594 g/mol. The second kappa shape index (κ2) is 17.5. The fourth-order valence-electron chi connectivity index (χ4n) is 7.79. The summed E-state index contributed by atoms with van der Waals surface area (Å²) in [7, 11) is 0. The minimum Gasteiger partial charge on any atom is -0.504 e. The zero-order valence-corrected chi connectivity index (χ0v) is 28.2. The monoisotopic (exact) mass is 651 g/mol. The van der Waals surface area contributed by atoms with Crippen LogP contribution < -0.4 is 15.8 Å². The van der Waals surface area contributed by atoms with Crippen LogP contribution in [0.5, 0.6) is 11.5 Å². The highest BCUT2D eigenvalue weighted by molar-refractivity contribution is 5.42. The Morgan fingerprint density at radius 3 is 2.66 bits per heavy atom. The summed E-state index contributed by atoms with van der Waals surface area (Å²) in [6, 6.07) is 9.41. The molecular formula is C38H57N3O6. The van der Waals surface area contributed by atoms with E-state index in [0.29, 0.717) is 37.0 Å². The number of aromatic hydroxyl groups is 1. The van der Waals surface area contributed by atoms with E-state index in [-0.39, 0.29) is 25.1 Å². The van der Waals surface area contributed by atoms with E-state index in [1.54, 1.807) is 13.0 Å². The van der Waals surface area contributed by atoms with E-state index in [1.807, 2.05) is 18.2 Å². The smallest absolute Gasteiger partial charge is 0.161 e. The van der Waals surface area contributed by atoms with Crippen molar-refractivity contribution in [1.29, 1.82) is 0 Å². The number of nitrogens with one attached hydrogen (secondary N) is 2. The van der Waals surface area contributed by atoms with Gasteiger partial charge >= 0.3 is 0 Å². The van der Waals surface area contributed by atoms with Gasteiger partial charge in [-0.2, -0.15) is 0 Å². The first-order valence-electron chi connectivity index (χ1n) is 18.0. The van der Waals surface area contributed by atoms with Gasteiger partial charge in [0.1, 0.15) is 24.2 Å². The van der Waals surface area contributed by atoms with Crippen LogP contribution in [0.15, 0.2) is 34.7 Å². The molecule has 47 heavy (non-hydrogen) atoms. The molecule has 9 nitrogen and oxygen atoms in total. The number of H-pyrrole nitrogens is 1. The average Bonchev–Trinajstić information content (AvgIpc) is 3.79. The van der Waals surface area contributed by atoms with Crippen LogP contribution in [-0.4, -0.2) is 57.8 Å². The summed E-state index contributed by atoms with van der Waals surface area (Å²) in [5.41, 5.74) is 10.7. The van der Waals surface area contributed by atoms with E-state index < -0.39 is 6.10 Å². The predicted molar refractivity (Wildman–Crippen MR) is 184 cm³/mol. The van der Waals surface area contributed by atoms with Gasteiger partial charge in [-0.25, -0.2) is 0 Å². The van der Waals surface area contributed by atoms with Gasteiger partial charge in [-0.05, 0) is 99.2 Å². The van der Waals surface area contributed by atoms with Gasteiger partial charge in [-0.15, -0.1) is 0 Å². The quantitative estimate of drug-likeness (QED) is 0.0830. The Morgan fingerprint density at radius 2 is 1.85 bits per heavy atom. The summed E-state index contributed by atoms with van der Waals surface area (Å²) < 4.78 is 12.1. The van der Waals surface area contributed by atoms with E-state index in [9.17, 15) is 20.4 Å². The second-order valence-corrected chi connectivity index (χ2v) is 13.9. The number of unbranched alkanes of at least 4 members (excludes halogenated alkanes) is 4. The molecule has 2 heterocycles. The maximum Gasteiger partial charge on any atom is 0.161 e. The van der Waals surface area contributed by atoms with Crippen molar-refractivity contribution in [2.45, 2.75) is 115 Å². The first-order valence-corrected chi connectivity index (χ1v) is 18.0. The van der Waals surface area contributed by atoms with Gasteiger partial charge in [-0.1, -0.05) is 38.2 Å². The molecule has 2 aliphatic carbocycles. The highest BCUT2D eigenvalue weighted by Gasteiger charge is 2.38. The van der Waals surface area contributed by atoms with E-state index in [0.717, 1.165) is 92.3 Å². The summed E-state index contributed by atoms with van der Waals surface area (Å²) in [5.74, 6) is 3.79. The molecule has 2 aromatic heterocycles. The van der Waals surface area contributed by atoms with Gasteiger partial charge < -0.3 is 45.6 Å². The SMILES string of the molecule is C[C@H](O)CNC[C@@H]1c2cc([C@@H](O)COc3cc(CCc4cc(CO)c(CCCCCCCN)o4)ccc3O)[nH]c2CC[C@H]2CCC[C@@H]21. The van der Waals surface area contributed by atoms with Gasteiger partial charge in [0.15, 0.2) is 11.5 Å². The first kappa shape index (κ1) is 35.5. The standard InChI is InChI=1S/C38H57N3O6/c1-25(43)21-40-22-32-30-9-7-8-27(30)13-15-33-31(32)20-34(41-33)36(45)24-46-38-18-26(12-16-35(38)44)11-14-29-19-28(23-42)37(47-29)10-5-3-2-4-6-17-39/h12,16,18-20,25,27,30,32,36,40-45H,2-11,13-15,17,21-24,39H2,1H3/t25-,27+,30-,32-,36-/m0/s1. The molecule has 5 rings (SSSR count). The number of phenols is 1. The molecule has 5 atom stereocenters. The number of hydrogen-bond donors (Lipinski definition) is 7. The van der Waals surface area contributed by atoms with Crippen LogP contribution in [0.4, 0.5) is 0 Å². The van der Waals surface area contributed by atoms with Crippen molar-refractivity contribution in [3.05, 3.63) is 69.9 Å². The number of benzene rings is 1. The van der Waals surface area contributed by atoms with Crippen molar-refractivity contribution >= 4 is 0 Å². The number of rotatable bonds is 19. The van der Waals surface area contributed by atoms with Crippen molar-refractivity contribution in [3.8, 4) is 11.5 Å². The third-order valence-electron chi connectivity index (χ3n) is 10.3. The zero-order chi connectivity index (χ0) is 33.2. The topological polar surface area (TPSA) is 157 Å². The maximum atomic E-state index is 11.2. The molecule has 9 heteroatoms. The molecule has 260 valence electrons. The number of aromatic amines is 1. The molecule has 1 fully saturated rings. The highest BCUT2D eigenvalue weighted by Crippen LogP contribution is 2.47. The molecule has 0 aliphatic heterocycles. The Labute approximate surface area is 279 Å². The normalized spacial score (nSPS) is 20.5. The predicted octanol–water partition coefficient (Wildman–Crippen LogP) is 5.57. The van der Waals surface area contributed by atoms with Crippen molar-refractivity contribution < 1.29 is 29.6 Å². The first-order chi connectivity index (χ1) is 22.9. The van der Waals surface area contributed by atoms with Crippen molar-refractivity contribution in [3.63, 3.8) is 0 Å². The molecule has 8 N–H and O–H groups in total. The highest BCUT2D eigenvalue weighted by atomic mass is 16.5. The van der Waals surface area contributed by atoms with Crippen molar-refractivity contribution in [2.75, 3.05) is 26.2 Å². The van der Waals surface area contributed by atoms with Crippen LogP contribution >= 0.6 is 0 Å². The lowest BCUT2D eigenvalue weighted by atomic mass is 9.80. The number of fused-ring (bicyclic) bond motifs is 2. The molecule has 0 radical (unpaired) electrons. The summed E-state index contributed by atoms with van der Waals surface area (Å²) >= 11 is 0. The van der Waals surface area contributed by atoms with Crippen LogP contribution in [0.2, 0.25) is 0 Å². The summed E-state index contributed by atoms with van der Waals surface area (Å²) in [5, 5.41) is 44.8. The van der Waals surface area contributed by atoms with Gasteiger partial charge in [0.2, 0.25) is 0 Å². The van der Waals surface area contributed by atoms with Crippen LogP contribution in [0.3, 0.4) is 0 Å². The van der Waals surface area contributed by atoms with Gasteiger partial charge in [0, 0.05) is 48.8 Å². The molecule has 3 aromatic rings. The largest absolute Gasteiger partial charge is 0.504 e. The number of aliphatic hydroxyl groups excluding tert-OH is 3. The van der Waals surface area contributed by atoms with Crippen LogP contribution in [-0.2, 0) is 32.3 Å². The molecule has 1 saturated carbocycles. The van der Waals surface area contributed by atoms with Gasteiger partial charge in [-0.3, -0.25) is 0 Å². The lowest BCUT2D eigenvalue weighted by molar-refractivity contribution is 0.103. The number of furan rings is 1. The average molecular weight is 652 g/mol. The van der Waals surface area contributed by atoms with E-state index in [4.69, 9.17) is 14.9 Å². The minimum absolute atomic E-state index is 0.0149. The molecule has 0 bridgehead atoms. The lowest BCUT2D eigenvalue weighted by Gasteiger charge is -2.27. The zero-order valence-electron chi connectivity index (χ0n) is 28.2. The van der Waals surface area contributed by atoms with Crippen molar-refractivity contribution in [1.82, 2.24) is 10.3 Å². The molecule has 1 aromatic carbocycles. The number of nitrogens with two attached hydrogens (primary N) is 1. The van der Waals surface area contributed by atoms with E-state index in [2.05, 4.69) is 16.4 Å². The van der Waals surface area contributed by atoms with E-state index >= 15 is 0 Å². The summed E-state index contributed by atoms with van der Waals surface area (Å²) in [4.78, 5) is 3.53. The third kappa shape index (κ3) is 9.63. The Kier molecular flexibility index (Phi) is 13.2.